The van der Waals surface area contributed by atoms with E-state index in [2.05, 4.69) is 5.32 Å². The summed E-state index contributed by atoms with van der Waals surface area (Å²) in [7, 11) is 1.67. The average molecular weight is 298 g/mol. The third-order valence-corrected chi connectivity index (χ3v) is 4.15. The Bertz CT molecular complexity index is 474. The first kappa shape index (κ1) is 15.3. The lowest BCUT2D eigenvalue weighted by atomic mass is 9.69. The second-order valence-electron chi connectivity index (χ2n) is 5.46. The highest BCUT2D eigenvalue weighted by molar-refractivity contribution is 6.30. The molecule has 0 aliphatic heterocycles. The van der Waals surface area contributed by atoms with Crippen LogP contribution in [0.4, 0.5) is 0 Å². The summed E-state index contributed by atoms with van der Waals surface area (Å²) in [6.07, 6.45) is 2.08. The molecule has 0 aromatic heterocycles. The molecule has 0 bridgehead atoms. The number of ether oxygens (including phenoxy) is 1. The van der Waals surface area contributed by atoms with Gasteiger partial charge in [-0.2, -0.15) is 0 Å². The monoisotopic (exact) mass is 297 g/mol. The minimum atomic E-state index is -1.19. The van der Waals surface area contributed by atoms with Gasteiger partial charge in [-0.25, -0.2) is 0 Å². The number of carbonyl (C=O) groups is 1. The fourth-order valence-electron chi connectivity index (χ4n) is 2.55. The quantitative estimate of drug-likeness (QED) is 0.847. The van der Waals surface area contributed by atoms with Crippen molar-refractivity contribution in [3.63, 3.8) is 0 Å². The number of carbonyl (C=O) groups excluding carboxylic acids is 1. The number of aliphatic hydroxyl groups is 1. The van der Waals surface area contributed by atoms with Crippen LogP contribution in [0.2, 0.25) is 5.02 Å². The number of benzene rings is 1. The Balaban J connectivity index is 1.91. The van der Waals surface area contributed by atoms with Crippen LogP contribution >= 0.6 is 11.6 Å². The highest BCUT2D eigenvalue weighted by Crippen LogP contribution is 2.40. The lowest BCUT2D eigenvalue weighted by molar-refractivity contribution is -0.130. The Morgan fingerprint density at radius 3 is 2.85 bits per heavy atom. The summed E-state index contributed by atoms with van der Waals surface area (Å²) in [6, 6.07) is 6.70. The lowest BCUT2D eigenvalue weighted by Gasteiger charge is -2.41. The van der Waals surface area contributed by atoms with Gasteiger partial charge in [0.05, 0.1) is 6.61 Å². The van der Waals surface area contributed by atoms with Crippen molar-refractivity contribution in [2.24, 2.45) is 5.41 Å². The zero-order valence-electron chi connectivity index (χ0n) is 11.6. The summed E-state index contributed by atoms with van der Waals surface area (Å²) in [4.78, 5) is 12.0. The summed E-state index contributed by atoms with van der Waals surface area (Å²) < 4.78 is 5.21. The summed E-state index contributed by atoms with van der Waals surface area (Å²) in [5, 5.41) is 13.3. The minimum Gasteiger partial charge on any atom is -0.384 e. The van der Waals surface area contributed by atoms with Crippen LogP contribution in [-0.4, -0.2) is 31.3 Å². The molecule has 1 amide bonds. The van der Waals surface area contributed by atoms with Gasteiger partial charge in [0.15, 0.2) is 6.10 Å². The largest absolute Gasteiger partial charge is 0.384 e. The normalized spacial score (nSPS) is 18.1. The van der Waals surface area contributed by atoms with E-state index in [1.807, 2.05) is 0 Å². The summed E-state index contributed by atoms with van der Waals surface area (Å²) in [5.41, 5.74) is 0.544. The Kier molecular flexibility index (Phi) is 5.02. The van der Waals surface area contributed by atoms with E-state index >= 15 is 0 Å². The van der Waals surface area contributed by atoms with Gasteiger partial charge in [-0.1, -0.05) is 30.2 Å². The molecule has 20 heavy (non-hydrogen) atoms. The molecule has 1 aromatic carbocycles. The number of halogens is 1. The SMILES string of the molecule is COCC1(CNC(=O)[C@@H](O)c2cccc(Cl)c2)CCC1. The Hall–Kier alpha value is -1.10. The molecule has 1 aliphatic carbocycles. The highest BCUT2D eigenvalue weighted by atomic mass is 35.5. The zero-order valence-corrected chi connectivity index (χ0v) is 12.3. The molecule has 2 rings (SSSR count). The smallest absolute Gasteiger partial charge is 0.253 e. The standard InChI is InChI=1S/C15H20ClNO3/c1-20-10-15(6-3-7-15)9-17-14(19)13(18)11-4-2-5-12(16)8-11/h2,4-5,8,13,18H,3,6-7,9-10H2,1H3,(H,17,19)/t13-/m0/s1. The van der Waals surface area contributed by atoms with Gasteiger partial charge in [-0.3, -0.25) is 4.79 Å². The van der Waals surface area contributed by atoms with E-state index in [4.69, 9.17) is 16.3 Å². The van der Waals surface area contributed by atoms with Crippen LogP contribution in [0, 0.1) is 5.41 Å². The van der Waals surface area contributed by atoms with Crippen LogP contribution in [0.25, 0.3) is 0 Å². The molecule has 2 N–H and O–H groups in total. The van der Waals surface area contributed by atoms with Crippen molar-refractivity contribution < 1.29 is 14.6 Å². The van der Waals surface area contributed by atoms with E-state index in [1.165, 1.54) is 0 Å². The average Bonchev–Trinajstić information content (AvgIpc) is 2.40. The van der Waals surface area contributed by atoms with Crippen molar-refractivity contribution in [1.82, 2.24) is 5.32 Å². The van der Waals surface area contributed by atoms with E-state index < -0.39 is 12.0 Å². The van der Waals surface area contributed by atoms with Crippen molar-refractivity contribution in [2.45, 2.75) is 25.4 Å². The Labute approximate surface area is 124 Å². The third-order valence-electron chi connectivity index (χ3n) is 3.92. The van der Waals surface area contributed by atoms with E-state index in [9.17, 15) is 9.90 Å². The molecule has 1 aliphatic rings. The van der Waals surface area contributed by atoms with Gasteiger partial charge in [0, 0.05) is 24.1 Å². The Morgan fingerprint density at radius 1 is 1.55 bits per heavy atom. The molecule has 1 fully saturated rings. The first-order chi connectivity index (χ1) is 9.56. The van der Waals surface area contributed by atoms with Crippen LogP contribution in [0.15, 0.2) is 24.3 Å². The predicted octanol–water partition coefficient (Wildman–Crippen LogP) is 2.31. The van der Waals surface area contributed by atoms with Gasteiger partial charge in [-0.05, 0) is 30.5 Å². The predicted molar refractivity (Wildman–Crippen MR) is 77.6 cm³/mol. The number of aliphatic hydroxyl groups excluding tert-OH is 1. The maximum atomic E-state index is 12.0. The molecule has 0 heterocycles. The number of hydrogen-bond donors (Lipinski definition) is 2. The molecule has 0 saturated heterocycles. The molecule has 110 valence electrons. The van der Waals surface area contributed by atoms with E-state index in [0.717, 1.165) is 19.3 Å². The van der Waals surface area contributed by atoms with Crippen molar-refractivity contribution in [3.8, 4) is 0 Å². The van der Waals surface area contributed by atoms with E-state index in [0.29, 0.717) is 23.7 Å². The zero-order chi connectivity index (χ0) is 14.6. The molecular weight excluding hydrogens is 278 g/mol. The van der Waals surface area contributed by atoms with E-state index in [1.54, 1.807) is 31.4 Å². The summed E-state index contributed by atoms with van der Waals surface area (Å²) >= 11 is 5.86. The van der Waals surface area contributed by atoms with Gasteiger partial charge < -0.3 is 15.2 Å². The third kappa shape index (κ3) is 3.51. The molecule has 1 aromatic rings. The topological polar surface area (TPSA) is 58.6 Å². The second kappa shape index (κ2) is 6.57. The number of methoxy groups -OCH3 is 1. The van der Waals surface area contributed by atoms with Gasteiger partial charge in [0.1, 0.15) is 0 Å². The van der Waals surface area contributed by atoms with Gasteiger partial charge in [-0.15, -0.1) is 0 Å². The maximum absolute atomic E-state index is 12.0. The van der Waals surface area contributed by atoms with E-state index in [-0.39, 0.29) is 5.41 Å². The fourth-order valence-corrected chi connectivity index (χ4v) is 2.75. The molecule has 0 radical (unpaired) electrons. The molecule has 1 atom stereocenters. The van der Waals surface area contributed by atoms with Crippen LogP contribution in [0.5, 0.6) is 0 Å². The lowest BCUT2D eigenvalue weighted by Crippen LogP contribution is -2.46. The van der Waals surface area contributed by atoms with Crippen molar-refractivity contribution >= 4 is 17.5 Å². The van der Waals surface area contributed by atoms with Crippen LogP contribution < -0.4 is 5.32 Å². The Morgan fingerprint density at radius 2 is 2.30 bits per heavy atom. The number of rotatable bonds is 6. The summed E-state index contributed by atoms with van der Waals surface area (Å²) in [6.45, 7) is 1.18. The van der Waals surface area contributed by atoms with Gasteiger partial charge >= 0.3 is 0 Å². The molecular formula is C15H20ClNO3. The van der Waals surface area contributed by atoms with Crippen LogP contribution in [0.1, 0.15) is 30.9 Å². The van der Waals surface area contributed by atoms with Crippen LogP contribution in [-0.2, 0) is 9.53 Å². The van der Waals surface area contributed by atoms with Gasteiger partial charge in [0.2, 0.25) is 0 Å². The minimum absolute atomic E-state index is 0.0401. The number of amides is 1. The first-order valence-electron chi connectivity index (χ1n) is 6.76. The molecule has 5 heteroatoms. The van der Waals surface area contributed by atoms with Crippen molar-refractivity contribution in [2.75, 3.05) is 20.3 Å². The first-order valence-corrected chi connectivity index (χ1v) is 7.14. The van der Waals surface area contributed by atoms with Crippen molar-refractivity contribution in [3.05, 3.63) is 34.9 Å². The molecule has 4 nitrogen and oxygen atoms in total. The maximum Gasteiger partial charge on any atom is 0.253 e. The second-order valence-corrected chi connectivity index (χ2v) is 5.90. The molecule has 0 unspecified atom stereocenters. The van der Waals surface area contributed by atoms with Crippen molar-refractivity contribution in [1.29, 1.82) is 0 Å². The number of nitrogens with one attached hydrogen (secondary N) is 1. The summed E-state index contributed by atoms with van der Waals surface area (Å²) in [5.74, 6) is -0.394. The molecule has 1 saturated carbocycles. The highest BCUT2D eigenvalue weighted by Gasteiger charge is 2.37. The molecule has 0 spiro atoms. The van der Waals surface area contributed by atoms with Crippen LogP contribution in [0.3, 0.4) is 0 Å². The number of hydrogen-bond acceptors (Lipinski definition) is 3. The fraction of sp³-hybridized carbons (Fsp3) is 0.533. The van der Waals surface area contributed by atoms with Gasteiger partial charge in [0.25, 0.3) is 5.91 Å².